The van der Waals surface area contributed by atoms with Crippen LogP contribution in [0.3, 0.4) is 0 Å². The Morgan fingerprint density at radius 2 is 2.25 bits per heavy atom. The molecule has 1 unspecified atom stereocenters. The van der Waals surface area contributed by atoms with Crippen molar-refractivity contribution in [2.75, 3.05) is 13.2 Å². The minimum absolute atomic E-state index is 0.231. The average Bonchev–Trinajstić information content (AvgIpc) is 2.26. The molecule has 0 heterocycles. The lowest BCUT2D eigenvalue weighted by atomic mass is 9.91. The second kappa shape index (κ2) is 5.09. The number of benzene rings is 1. The molecule has 1 aromatic carbocycles. The summed E-state index contributed by atoms with van der Waals surface area (Å²) in [6, 6.07) is 7.96. The molecule has 4 nitrogen and oxygen atoms in total. The van der Waals surface area contributed by atoms with Crippen LogP contribution in [0.4, 0.5) is 5.69 Å². The maximum Gasteiger partial charge on any atom is 0.231 e. The number of aryl methyl sites for hydroxylation is 1. The fourth-order valence-electron chi connectivity index (χ4n) is 1.38. The summed E-state index contributed by atoms with van der Waals surface area (Å²) in [6.45, 7) is 3.89. The maximum atomic E-state index is 11.2. The average molecular weight is 223 g/mol. The van der Waals surface area contributed by atoms with Crippen LogP contribution in [0.5, 0.6) is 0 Å². The van der Waals surface area contributed by atoms with Crippen molar-refractivity contribution in [3.05, 3.63) is 29.8 Å². The van der Waals surface area contributed by atoms with E-state index in [9.17, 15) is 4.79 Å². The maximum absolute atomic E-state index is 11.2. The van der Waals surface area contributed by atoms with Gasteiger partial charge in [0.25, 0.3) is 0 Å². The smallest absolute Gasteiger partial charge is 0.231 e. The molecule has 16 heavy (non-hydrogen) atoms. The standard InChI is InChI=1S/C12H18N2O2/c1-9-4-3-5-10(6-9)14-7-12(2,8-15)11(13)16/h3-6,14-15H,7-8H2,1-2H3,(H2,13,16)/p+1. The third-order valence-corrected chi connectivity index (χ3v) is 2.77. The lowest BCUT2D eigenvalue weighted by molar-refractivity contribution is -0.583. The summed E-state index contributed by atoms with van der Waals surface area (Å²) in [5.74, 6) is -0.473. The van der Waals surface area contributed by atoms with Crippen LogP contribution in [0.15, 0.2) is 24.3 Å². The Bertz CT molecular complexity index is 379. The minimum atomic E-state index is -0.871. The number of aliphatic hydroxyl groups is 1. The molecule has 4 heteroatoms. The first-order valence-corrected chi connectivity index (χ1v) is 5.28. The molecule has 1 amide bonds. The molecule has 0 spiro atoms. The number of carbonyl (C=O) groups excluding carboxylic acids is 1. The zero-order chi connectivity index (χ0) is 12.2. The SMILES string of the molecule is Cc1cccc([NH2+]CC(C)(CO)C(N)=O)c1. The fourth-order valence-corrected chi connectivity index (χ4v) is 1.38. The van der Waals surface area contributed by atoms with Crippen LogP contribution in [-0.4, -0.2) is 24.2 Å². The van der Waals surface area contributed by atoms with Gasteiger partial charge in [0, 0.05) is 6.07 Å². The number of nitrogens with two attached hydrogens (primary N) is 2. The second-order valence-corrected chi connectivity index (χ2v) is 4.41. The molecule has 1 aromatic rings. The number of aliphatic hydroxyl groups excluding tert-OH is 1. The third-order valence-electron chi connectivity index (χ3n) is 2.77. The molecule has 1 rings (SSSR count). The van der Waals surface area contributed by atoms with Gasteiger partial charge in [-0.05, 0) is 25.5 Å². The normalized spacial score (nSPS) is 14.4. The lowest BCUT2D eigenvalue weighted by Gasteiger charge is -2.20. The van der Waals surface area contributed by atoms with Gasteiger partial charge in [0.15, 0.2) is 0 Å². The summed E-state index contributed by atoms with van der Waals surface area (Å²) in [5.41, 5.74) is 6.59. The van der Waals surface area contributed by atoms with Crippen LogP contribution in [0.25, 0.3) is 0 Å². The van der Waals surface area contributed by atoms with Gasteiger partial charge in [0.1, 0.15) is 11.1 Å². The van der Waals surface area contributed by atoms with Crippen molar-refractivity contribution in [1.29, 1.82) is 0 Å². The highest BCUT2D eigenvalue weighted by molar-refractivity contribution is 5.80. The van der Waals surface area contributed by atoms with Gasteiger partial charge in [-0.15, -0.1) is 0 Å². The molecule has 0 aliphatic heterocycles. The van der Waals surface area contributed by atoms with E-state index in [-0.39, 0.29) is 6.61 Å². The predicted molar refractivity (Wildman–Crippen MR) is 62.0 cm³/mol. The van der Waals surface area contributed by atoms with E-state index in [1.54, 1.807) is 6.92 Å². The van der Waals surface area contributed by atoms with Gasteiger partial charge in [-0.1, -0.05) is 12.1 Å². The van der Waals surface area contributed by atoms with Crippen molar-refractivity contribution in [2.24, 2.45) is 11.1 Å². The Kier molecular flexibility index (Phi) is 4.04. The van der Waals surface area contributed by atoms with E-state index in [0.29, 0.717) is 6.54 Å². The molecular weight excluding hydrogens is 204 g/mol. The summed E-state index contributed by atoms with van der Waals surface area (Å²) in [6.07, 6.45) is 0. The highest BCUT2D eigenvalue weighted by atomic mass is 16.3. The first-order valence-electron chi connectivity index (χ1n) is 5.28. The number of hydrogen-bond acceptors (Lipinski definition) is 2. The van der Waals surface area contributed by atoms with E-state index in [0.717, 1.165) is 5.69 Å². The monoisotopic (exact) mass is 223 g/mol. The van der Waals surface area contributed by atoms with Crippen molar-refractivity contribution < 1.29 is 15.2 Å². The van der Waals surface area contributed by atoms with E-state index >= 15 is 0 Å². The Labute approximate surface area is 95.5 Å². The topological polar surface area (TPSA) is 79.9 Å². The zero-order valence-electron chi connectivity index (χ0n) is 9.73. The quantitative estimate of drug-likeness (QED) is 0.598. The Hall–Kier alpha value is -1.39. The van der Waals surface area contributed by atoms with Crippen molar-refractivity contribution in [1.82, 2.24) is 0 Å². The van der Waals surface area contributed by atoms with E-state index < -0.39 is 11.3 Å². The minimum Gasteiger partial charge on any atom is -0.395 e. The van der Waals surface area contributed by atoms with Gasteiger partial charge in [-0.2, -0.15) is 0 Å². The Balaban J connectivity index is 2.66. The first kappa shape index (κ1) is 12.7. The van der Waals surface area contributed by atoms with E-state index in [4.69, 9.17) is 10.8 Å². The molecule has 0 aromatic heterocycles. The van der Waals surface area contributed by atoms with Gasteiger partial charge in [-0.3, -0.25) is 4.79 Å². The Morgan fingerprint density at radius 3 is 2.75 bits per heavy atom. The molecule has 0 bridgehead atoms. The van der Waals surface area contributed by atoms with Crippen LogP contribution in [-0.2, 0) is 4.79 Å². The summed E-state index contributed by atoms with van der Waals surface area (Å²) < 4.78 is 0. The number of carbonyl (C=O) groups is 1. The molecular formula is C12H19N2O2+. The van der Waals surface area contributed by atoms with E-state index in [1.807, 2.05) is 36.5 Å². The molecule has 0 radical (unpaired) electrons. The van der Waals surface area contributed by atoms with Crippen LogP contribution >= 0.6 is 0 Å². The van der Waals surface area contributed by atoms with Gasteiger partial charge < -0.3 is 16.2 Å². The van der Waals surface area contributed by atoms with Gasteiger partial charge in [0.05, 0.1) is 13.2 Å². The van der Waals surface area contributed by atoms with Crippen molar-refractivity contribution in [3.8, 4) is 0 Å². The van der Waals surface area contributed by atoms with Crippen molar-refractivity contribution in [3.63, 3.8) is 0 Å². The van der Waals surface area contributed by atoms with Crippen LogP contribution in [0.1, 0.15) is 12.5 Å². The van der Waals surface area contributed by atoms with Crippen LogP contribution < -0.4 is 11.1 Å². The molecule has 0 saturated carbocycles. The summed E-state index contributed by atoms with van der Waals surface area (Å²) in [4.78, 5) is 11.2. The lowest BCUT2D eigenvalue weighted by Crippen LogP contribution is -2.82. The van der Waals surface area contributed by atoms with Gasteiger partial charge >= 0.3 is 0 Å². The highest BCUT2D eigenvalue weighted by Gasteiger charge is 2.32. The van der Waals surface area contributed by atoms with E-state index in [2.05, 4.69) is 0 Å². The largest absolute Gasteiger partial charge is 0.395 e. The molecule has 1 atom stereocenters. The highest BCUT2D eigenvalue weighted by Crippen LogP contribution is 2.12. The molecule has 88 valence electrons. The molecule has 0 aliphatic carbocycles. The molecule has 0 aliphatic rings. The first-order chi connectivity index (χ1) is 7.48. The van der Waals surface area contributed by atoms with E-state index in [1.165, 1.54) is 5.56 Å². The second-order valence-electron chi connectivity index (χ2n) is 4.41. The summed E-state index contributed by atoms with van der Waals surface area (Å²) in [5, 5.41) is 11.1. The Morgan fingerprint density at radius 1 is 1.56 bits per heavy atom. The van der Waals surface area contributed by atoms with Gasteiger partial charge in [0.2, 0.25) is 5.91 Å². The molecule has 0 saturated heterocycles. The van der Waals surface area contributed by atoms with Crippen LogP contribution in [0.2, 0.25) is 0 Å². The molecule has 5 N–H and O–H groups in total. The van der Waals surface area contributed by atoms with Crippen molar-refractivity contribution >= 4 is 11.6 Å². The summed E-state index contributed by atoms with van der Waals surface area (Å²) in [7, 11) is 0. The molecule has 0 fully saturated rings. The fraction of sp³-hybridized carbons (Fsp3) is 0.417. The number of rotatable bonds is 5. The third kappa shape index (κ3) is 3.05. The number of hydrogen-bond donors (Lipinski definition) is 3. The number of primary amides is 1. The zero-order valence-corrected chi connectivity index (χ0v) is 9.73. The number of quaternary nitrogens is 1. The van der Waals surface area contributed by atoms with Crippen molar-refractivity contribution in [2.45, 2.75) is 13.8 Å². The van der Waals surface area contributed by atoms with Crippen LogP contribution in [0, 0.1) is 12.3 Å². The van der Waals surface area contributed by atoms with Gasteiger partial charge in [-0.25, -0.2) is 0 Å². The number of amides is 1. The predicted octanol–water partition coefficient (Wildman–Crippen LogP) is -0.326. The summed E-state index contributed by atoms with van der Waals surface area (Å²) >= 11 is 0.